The van der Waals surface area contributed by atoms with Gasteiger partial charge in [-0.2, -0.15) is 0 Å². The molecule has 3 rings (SSSR count). The number of carbonyl (C=O) groups excluding carboxylic acids is 2. The first-order valence-electron chi connectivity index (χ1n) is 7.52. The van der Waals surface area contributed by atoms with Crippen molar-refractivity contribution in [3.63, 3.8) is 0 Å². The second-order valence-electron chi connectivity index (χ2n) is 5.44. The Balaban J connectivity index is 1.97. The number of carboxylic acid groups (broad SMARTS) is 1. The lowest BCUT2D eigenvalue weighted by Gasteiger charge is -2.52. The van der Waals surface area contributed by atoms with Crippen LogP contribution in [0.3, 0.4) is 0 Å². The van der Waals surface area contributed by atoms with Crippen LogP contribution in [0.5, 0.6) is 0 Å². The molecule has 1 saturated heterocycles. The molecule has 1 fully saturated rings. The van der Waals surface area contributed by atoms with Crippen molar-refractivity contribution in [1.82, 2.24) is 9.88 Å². The smallest absolute Gasteiger partial charge is 0.352 e. The Morgan fingerprint density at radius 3 is 2.89 bits per heavy atom. The zero-order valence-corrected chi connectivity index (χ0v) is 15.6. The number of aliphatic hydroxyl groups is 1. The summed E-state index contributed by atoms with van der Waals surface area (Å²) in [6.07, 6.45) is 0.895. The number of carboxylic acids is 1. The van der Waals surface area contributed by atoms with Crippen LogP contribution in [0, 0.1) is 0 Å². The van der Waals surface area contributed by atoms with Crippen molar-refractivity contribution < 1.29 is 29.4 Å². The first kappa shape index (κ1) is 19.1. The maximum Gasteiger partial charge on any atom is 0.352 e. The van der Waals surface area contributed by atoms with E-state index in [0.717, 1.165) is 27.4 Å². The van der Waals surface area contributed by atoms with Crippen molar-refractivity contribution in [1.29, 1.82) is 0 Å². The molecule has 3 heterocycles. The molecule has 1 aromatic heterocycles. The largest absolute Gasteiger partial charge is 0.477 e. The molecule has 2 atom stereocenters. The van der Waals surface area contributed by atoms with Crippen LogP contribution in [0.2, 0.25) is 0 Å². The van der Waals surface area contributed by atoms with Gasteiger partial charge in [0.1, 0.15) is 36.3 Å². The summed E-state index contributed by atoms with van der Waals surface area (Å²) in [7, 11) is 1.27. The van der Waals surface area contributed by atoms with Gasteiger partial charge in [0.05, 0.1) is 6.61 Å². The third-order valence-electron chi connectivity index (χ3n) is 3.95. The molecule has 1 aromatic rings. The molecular formula is C14H15N5O6S2. The standard InChI is InChI=1S/C14H15N5O6S2/c1-25-16-2-8(21)18(7-5-27-14(15)17-7)10-11(22)19-9(13(23)24)6(3-20)4-26-12(10)19/h2,5,10,12,20H,3-4H2,1H3,(H2,15,17)(H,23,24). The molecule has 13 heteroatoms. The molecule has 27 heavy (non-hydrogen) atoms. The highest BCUT2D eigenvalue weighted by Gasteiger charge is 2.57. The number of fused-ring (bicyclic) bond motifs is 1. The number of thiazole rings is 1. The summed E-state index contributed by atoms with van der Waals surface area (Å²) in [5, 5.41) is 23.3. The van der Waals surface area contributed by atoms with Crippen LogP contribution in [0.25, 0.3) is 0 Å². The molecule has 4 N–H and O–H groups in total. The highest BCUT2D eigenvalue weighted by atomic mass is 32.2. The van der Waals surface area contributed by atoms with Gasteiger partial charge in [-0.25, -0.2) is 9.78 Å². The average molecular weight is 413 g/mol. The number of hydrogen-bond donors (Lipinski definition) is 3. The van der Waals surface area contributed by atoms with Crippen molar-refractivity contribution in [2.75, 3.05) is 30.1 Å². The van der Waals surface area contributed by atoms with Gasteiger partial charge in [-0.05, 0) is 5.57 Å². The van der Waals surface area contributed by atoms with Crippen LogP contribution < -0.4 is 10.6 Å². The molecule has 0 bridgehead atoms. The van der Waals surface area contributed by atoms with E-state index in [1.807, 2.05) is 0 Å². The number of nitrogens with two attached hydrogens (primary N) is 1. The van der Waals surface area contributed by atoms with Gasteiger partial charge < -0.3 is 20.8 Å². The van der Waals surface area contributed by atoms with Crippen molar-refractivity contribution in [2.45, 2.75) is 11.4 Å². The predicted molar refractivity (Wildman–Crippen MR) is 98.1 cm³/mol. The van der Waals surface area contributed by atoms with Crippen molar-refractivity contribution in [2.24, 2.45) is 5.16 Å². The third kappa shape index (κ3) is 3.24. The SMILES string of the molecule is CON=CC(=O)N(c1csc(N)n1)C1C(=O)N2C(C(=O)O)=C(CO)CSC12. The number of nitrogens with zero attached hydrogens (tertiary/aromatic N) is 4. The van der Waals surface area contributed by atoms with Crippen LogP contribution in [0.4, 0.5) is 10.9 Å². The fourth-order valence-corrected chi connectivity index (χ4v) is 4.75. The second-order valence-corrected chi connectivity index (χ2v) is 7.43. The Kier molecular flexibility index (Phi) is 5.34. The van der Waals surface area contributed by atoms with Gasteiger partial charge in [-0.1, -0.05) is 5.16 Å². The van der Waals surface area contributed by atoms with E-state index in [1.54, 1.807) is 0 Å². The maximum absolute atomic E-state index is 12.8. The number of rotatable bonds is 6. The van der Waals surface area contributed by atoms with Gasteiger partial charge >= 0.3 is 5.97 Å². The van der Waals surface area contributed by atoms with Crippen LogP contribution >= 0.6 is 23.1 Å². The Labute approximate surface area is 161 Å². The number of hydrogen-bond acceptors (Lipinski definition) is 10. The fraction of sp³-hybridized carbons (Fsp3) is 0.357. The zero-order valence-electron chi connectivity index (χ0n) is 13.9. The van der Waals surface area contributed by atoms with E-state index >= 15 is 0 Å². The minimum absolute atomic E-state index is 0.164. The Bertz CT molecular complexity index is 853. The van der Waals surface area contributed by atoms with E-state index in [2.05, 4.69) is 15.0 Å². The third-order valence-corrected chi connectivity index (χ3v) is 5.94. The molecule has 0 spiro atoms. The molecular weight excluding hydrogens is 398 g/mol. The molecule has 0 aromatic carbocycles. The summed E-state index contributed by atoms with van der Waals surface area (Å²) >= 11 is 2.34. The number of aromatic nitrogens is 1. The maximum atomic E-state index is 12.8. The summed E-state index contributed by atoms with van der Waals surface area (Å²) in [6, 6.07) is -0.984. The number of thioether (sulfide) groups is 1. The van der Waals surface area contributed by atoms with E-state index in [9.17, 15) is 24.6 Å². The van der Waals surface area contributed by atoms with Crippen molar-refractivity contribution >= 4 is 58.0 Å². The Morgan fingerprint density at radius 2 is 2.33 bits per heavy atom. The number of aliphatic hydroxyl groups excluding tert-OH is 1. The quantitative estimate of drug-likeness (QED) is 0.311. The summed E-state index contributed by atoms with van der Waals surface area (Å²) in [6.45, 7) is -0.471. The molecule has 2 aliphatic rings. The van der Waals surface area contributed by atoms with Gasteiger partial charge in [0, 0.05) is 11.1 Å². The lowest BCUT2D eigenvalue weighted by Crippen LogP contribution is -2.72. The number of anilines is 2. The van der Waals surface area contributed by atoms with E-state index in [-0.39, 0.29) is 28.0 Å². The van der Waals surface area contributed by atoms with Gasteiger partial charge in [0.25, 0.3) is 11.8 Å². The van der Waals surface area contributed by atoms with Gasteiger partial charge in [0.15, 0.2) is 5.13 Å². The zero-order chi connectivity index (χ0) is 19.7. The number of amides is 2. The Hall–Kier alpha value is -2.64. The molecule has 2 unspecified atom stereocenters. The highest BCUT2D eigenvalue weighted by molar-refractivity contribution is 8.00. The van der Waals surface area contributed by atoms with Crippen LogP contribution in [0.1, 0.15) is 0 Å². The number of carbonyl (C=O) groups is 3. The molecule has 144 valence electrons. The molecule has 11 nitrogen and oxygen atoms in total. The molecule has 2 aliphatic heterocycles. The lowest BCUT2D eigenvalue weighted by atomic mass is 10.0. The molecule has 2 amide bonds. The Morgan fingerprint density at radius 1 is 1.59 bits per heavy atom. The van der Waals surface area contributed by atoms with E-state index in [4.69, 9.17) is 5.73 Å². The monoisotopic (exact) mass is 413 g/mol. The summed E-state index contributed by atoms with van der Waals surface area (Å²) in [5.41, 5.74) is 5.63. The minimum atomic E-state index is -1.31. The van der Waals surface area contributed by atoms with Gasteiger partial charge in [-0.3, -0.25) is 19.4 Å². The first-order chi connectivity index (χ1) is 12.9. The highest BCUT2D eigenvalue weighted by Crippen LogP contribution is 2.43. The van der Waals surface area contributed by atoms with Crippen LogP contribution in [0.15, 0.2) is 21.8 Å². The number of oxime groups is 1. The number of β-lactam (4-membered cyclic amide) rings is 1. The number of nitrogen functional groups attached to an aromatic ring is 1. The first-order valence-corrected chi connectivity index (χ1v) is 9.45. The van der Waals surface area contributed by atoms with E-state index in [0.29, 0.717) is 0 Å². The topological polar surface area (TPSA) is 159 Å². The minimum Gasteiger partial charge on any atom is -0.477 e. The van der Waals surface area contributed by atoms with Crippen LogP contribution in [-0.2, 0) is 19.2 Å². The summed E-state index contributed by atoms with van der Waals surface area (Å²) in [4.78, 5) is 47.7. The summed E-state index contributed by atoms with van der Waals surface area (Å²) < 4.78 is 0. The van der Waals surface area contributed by atoms with Crippen molar-refractivity contribution in [3.8, 4) is 0 Å². The predicted octanol–water partition coefficient (Wildman–Crippen LogP) is -0.695. The van der Waals surface area contributed by atoms with E-state index in [1.165, 1.54) is 24.3 Å². The molecule has 0 radical (unpaired) electrons. The average Bonchev–Trinajstić information content (AvgIpc) is 3.08. The second kappa shape index (κ2) is 7.54. The van der Waals surface area contributed by atoms with Gasteiger partial charge in [-0.15, -0.1) is 23.1 Å². The number of aliphatic carboxylic acids is 1. The molecule has 0 aliphatic carbocycles. The molecule has 0 saturated carbocycles. The van der Waals surface area contributed by atoms with Crippen LogP contribution in [-0.4, -0.2) is 75.0 Å². The fourth-order valence-electron chi connectivity index (χ4n) is 2.83. The lowest BCUT2D eigenvalue weighted by molar-refractivity contribution is -0.148. The van der Waals surface area contributed by atoms with E-state index < -0.39 is 35.8 Å². The summed E-state index contributed by atoms with van der Waals surface area (Å²) in [5.74, 6) is -2.18. The normalized spacial score (nSPS) is 21.9. The van der Waals surface area contributed by atoms with Crippen molar-refractivity contribution in [3.05, 3.63) is 16.7 Å². The van der Waals surface area contributed by atoms with Gasteiger partial charge in [0.2, 0.25) is 0 Å².